The number of nitrogens with zero attached hydrogens (tertiary/aromatic N) is 2. The zero-order valence-electron chi connectivity index (χ0n) is 11.5. The normalized spacial score (nSPS) is 14.3. The molecule has 1 heterocycles. The van der Waals surface area contributed by atoms with E-state index in [1.807, 2.05) is 42.9 Å². The molecule has 1 unspecified atom stereocenters. The molecule has 102 valence electrons. The highest BCUT2D eigenvalue weighted by Gasteiger charge is 2.16. The highest BCUT2D eigenvalue weighted by atomic mass is 16.3. The molecular weight excluding hydrogens is 238 g/mol. The fourth-order valence-electron chi connectivity index (χ4n) is 1.79. The summed E-state index contributed by atoms with van der Waals surface area (Å²) in [5.74, 6) is 0. The fourth-order valence-corrected chi connectivity index (χ4v) is 1.79. The van der Waals surface area contributed by atoms with Crippen LogP contribution in [0.2, 0.25) is 0 Å². The number of hydrogen-bond donors (Lipinski definition) is 2. The van der Waals surface area contributed by atoms with Gasteiger partial charge in [-0.25, -0.2) is 4.68 Å². The van der Waals surface area contributed by atoms with Crippen LogP contribution in [0.15, 0.2) is 42.7 Å². The number of benzene rings is 1. The Hall–Kier alpha value is -1.65. The van der Waals surface area contributed by atoms with E-state index in [-0.39, 0.29) is 0 Å². The first-order chi connectivity index (χ1) is 9.11. The Morgan fingerprint density at radius 1 is 1.32 bits per heavy atom. The Labute approximate surface area is 114 Å². The molecule has 2 aromatic rings. The van der Waals surface area contributed by atoms with E-state index in [9.17, 15) is 5.11 Å². The van der Waals surface area contributed by atoms with Crippen molar-refractivity contribution in [1.29, 1.82) is 0 Å². The van der Waals surface area contributed by atoms with Crippen molar-refractivity contribution in [3.63, 3.8) is 0 Å². The molecule has 4 nitrogen and oxygen atoms in total. The summed E-state index contributed by atoms with van der Waals surface area (Å²) in [7, 11) is 0. The van der Waals surface area contributed by atoms with Gasteiger partial charge in [-0.15, -0.1) is 0 Å². The SMILES string of the molecule is CCC(C)(O)CNCc1ccc(-n2cccn2)cc1. The second-order valence-corrected chi connectivity index (χ2v) is 5.07. The summed E-state index contributed by atoms with van der Waals surface area (Å²) in [6.45, 7) is 5.20. The van der Waals surface area contributed by atoms with Crippen molar-refractivity contribution in [2.24, 2.45) is 0 Å². The van der Waals surface area contributed by atoms with Gasteiger partial charge >= 0.3 is 0 Å². The minimum Gasteiger partial charge on any atom is -0.389 e. The van der Waals surface area contributed by atoms with Crippen molar-refractivity contribution < 1.29 is 5.11 Å². The van der Waals surface area contributed by atoms with Crippen LogP contribution in [0.3, 0.4) is 0 Å². The Morgan fingerprint density at radius 2 is 2.05 bits per heavy atom. The second kappa shape index (κ2) is 5.99. The van der Waals surface area contributed by atoms with Gasteiger partial charge in [-0.2, -0.15) is 5.10 Å². The number of rotatable bonds is 6. The van der Waals surface area contributed by atoms with Crippen molar-refractivity contribution in [2.45, 2.75) is 32.4 Å². The van der Waals surface area contributed by atoms with Crippen molar-refractivity contribution in [3.8, 4) is 5.69 Å². The summed E-state index contributed by atoms with van der Waals surface area (Å²) in [6, 6.07) is 10.1. The van der Waals surface area contributed by atoms with Crippen LogP contribution in [-0.4, -0.2) is 27.0 Å². The van der Waals surface area contributed by atoms with Crippen LogP contribution in [0.25, 0.3) is 5.69 Å². The highest BCUT2D eigenvalue weighted by Crippen LogP contribution is 2.10. The third-order valence-electron chi connectivity index (χ3n) is 3.30. The molecule has 2 rings (SSSR count). The number of aromatic nitrogens is 2. The first-order valence-corrected chi connectivity index (χ1v) is 6.63. The maximum Gasteiger partial charge on any atom is 0.0741 e. The van der Waals surface area contributed by atoms with E-state index in [1.54, 1.807) is 6.20 Å². The molecule has 0 aliphatic carbocycles. The molecule has 2 N–H and O–H groups in total. The number of aliphatic hydroxyl groups is 1. The summed E-state index contributed by atoms with van der Waals surface area (Å²) in [5.41, 5.74) is 1.62. The van der Waals surface area contributed by atoms with Gasteiger partial charge in [-0.3, -0.25) is 0 Å². The minimum absolute atomic E-state index is 0.602. The molecule has 4 heteroatoms. The van der Waals surface area contributed by atoms with E-state index in [0.717, 1.165) is 18.7 Å². The van der Waals surface area contributed by atoms with Gasteiger partial charge in [0.1, 0.15) is 0 Å². The molecule has 0 amide bonds. The first-order valence-electron chi connectivity index (χ1n) is 6.63. The average Bonchev–Trinajstić information content (AvgIpc) is 2.93. The Balaban J connectivity index is 1.89. The van der Waals surface area contributed by atoms with E-state index < -0.39 is 5.60 Å². The van der Waals surface area contributed by atoms with Gasteiger partial charge in [0.05, 0.1) is 11.3 Å². The van der Waals surface area contributed by atoms with Crippen molar-refractivity contribution in [2.75, 3.05) is 6.54 Å². The van der Waals surface area contributed by atoms with Crippen LogP contribution in [0, 0.1) is 0 Å². The number of nitrogens with one attached hydrogen (secondary N) is 1. The van der Waals surface area contributed by atoms with Crippen LogP contribution < -0.4 is 5.32 Å². The maximum atomic E-state index is 9.90. The first kappa shape index (κ1) is 13.8. The van der Waals surface area contributed by atoms with Crippen molar-refractivity contribution in [3.05, 3.63) is 48.3 Å². The molecule has 0 fully saturated rings. The second-order valence-electron chi connectivity index (χ2n) is 5.07. The molecule has 1 aromatic carbocycles. The lowest BCUT2D eigenvalue weighted by molar-refractivity contribution is 0.0555. The predicted octanol–water partition coefficient (Wildman–Crippen LogP) is 2.12. The topological polar surface area (TPSA) is 50.1 Å². The summed E-state index contributed by atoms with van der Waals surface area (Å²) >= 11 is 0. The van der Waals surface area contributed by atoms with Crippen molar-refractivity contribution in [1.82, 2.24) is 15.1 Å². The van der Waals surface area contributed by atoms with Gasteiger partial charge in [0.2, 0.25) is 0 Å². The lowest BCUT2D eigenvalue weighted by Gasteiger charge is -2.21. The third-order valence-corrected chi connectivity index (χ3v) is 3.30. The molecule has 0 aliphatic rings. The molecule has 0 bridgehead atoms. The van der Waals surface area contributed by atoms with Crippen LogP contribution in [0.4, 0.5) is 0 Å². The number of hydrogen-bond acceptors (Lipinski definition) is 3. The zero-order chi connectivity index (χ0) is 13.7. The summed E-state index contributed by atoms with van der Waals surface area (Å²) in [6.07, 6.45) is 4.44. The Kier molecular flexibility index (Phi) is 4.35. The van der Waals surface area contributed by atoms with E-state index in [1.165, 1.54) is 5.56 Å². The van der Waals surface area contributed by atoms with Crippen LogP contribution >= 0.6 is 0 Å². The lowest BCUT2D eigenvalue weighted by atomic mass is 10.0. The minimum atomic E-state index is -0.630. The standard InChI is InChI=1S/C15H21N3O/c1-3-15(2,19)12-16-11-13-5-7-14(8-6-13)18-10-4-9-17-18/h4-10,16,19H,3,11-12H2,1-2H3. The maximum absolute atomic E-state index is 9.90. The molecule has 19 heavy (non-hydrogen) atoms. The summed E-state index contributed by atoms with van der Waals surface area (Å²) in [5, 5.41) is 17.4. The van der Waals surface area contributed by atoms with Crippen LogP contribution in [0.1, 0.15) is 25.8 Å². The van der Waals surface area contributed by atoms with Crippen LogP contribution in [0.5, 0.6) is 0 Å². The zero-order valence-corrected chi connectivity index (χ0v) is 11.5. The lowest BCUT2D eigenvalue weighted by Crippen LogP contribution is -2.36. The van der Waals surface area contributed by atoms with E-state index in [0.29, 0.717) is 6.54 Å². The highest BCUT2D eigenvalue weighted by molar-refractivity contribution is 5.33. The van der Waals surface area contributed by atoms with Gasteiger partial charge in [0.15, 0.2) is 0 Å². The van der Waals surface area contributed by atoms with E-state index in [4.69, 9.17) is 0 Å². The van der Waals surface area contributed by atoms with E-state index in [2.05, 4.69) is 22.5 Å². The molecule has 0 aliphatic heterocycles. The fraction of sp³-hybridized carbons (Fsp3) is 0.400. The smallest absolute Gasteiger partial charge is 0.0741 e. The monoisotopic (exact) mass is 259 g/mol. The summed E-state index contributed by atoms with van der Waals surface area (Å²) < 4.78 is 1.83. The predicted molar refractivity (Wildman–Crippen MR) is 76.2 cm³/mol. The molecule has 1 aromatic heterocycles. The Bertz CT molecular complexity index is 489. The molecule has 0 spiro atoms. The molecule has 0 radical (unpaired) electrons. The van der Waals surface area contributed by atoms with Gasteiger partial charge in [0.25, 0.3) is 0 Å². The van der Waals surface area contributed by atoms with Gasteiger partial charge in [-0.1, -0.05) is 19.1 Å². The quantitative estimate of drug-likeness (QED) is 0.835. The van der Waals surface area contributed by atoms with Gasteiger partial charge in [0, 0.05) is 25.5 Å². The Morgan fingerprint density at radius 3 is 2.63 bits per heavy atom. The molecular formula is C15H21N3O. The third kappa shape index (κ3) is 3.91. The average molecular weight is 259 g/mol. The van der Waals surface area contributed by atoms with Crippen molar-refractivity contribution >= 4 is 0 Å². The van der Waals surface area contributed by atoms with Crippen LogP contribution in [-0.2, 0) is 6.54 Å². The van der Waals surface area contributed by atoms with Gasteiger partial charge < -0.3 is 10.4 Å². The van der Waals surface area contributed by atoms with Gasteiger partial charge in [-0.05, 0) is 37.1 Å². The summed E-state index contributed by atoms with van der Waals surface area (Å²) in [4.78, 5) is 0. The molecule has 0 saturated heterocycles. The van der Waals surface area contributed by atoms with E-state index >= 15 is 0 Å². The molecule has 1 atom stereocenters. The largest absolute Gasteiger partial charge is 0.389 e. The molecule has 0 saturated carbocycles.